The van der Waals surface area contributed by atoms with Crippen LogP contribution in [0.4, 0.5) is 0 Å². The van der Waals surface area contributed by atoms with Gasteiger partial charge in [-0.05, 0) is 19.3 Å². The van der Waals surface area contributed by atoms with Gasteiger partial charge in [-0.15, -0.1) is 0 Å². The molecule has 1 aliphatic rings. The van der Waals surface area contributed by atoms with Crippen molar-refractivity contribution in [3.63, 3.8) is 0 Å². The minimum Gasteiger partial charge on any atom is -0.394 e. The van der Waals surface area contributed by atoms with E-state index in [9.17, 15) is 30.3 Å². The van der Waals surface area contributed by atoms with Crippen LogP contribution >= 0.6 is 0 Å². The summed E-state index contributed by atoms with van der Waals surface area (Å²) >= 11 is 0. The van der Waals surface area contributed by atoms with E-state index in [0.717, 1.165) is 38.5 Å². The van der Waals surface area contributed by atoms with Gasteiger partial charge >= 0.3 is 0 Å². The number of aliphatic hydroxyl groups excluding tert-OH is 5. The van der Waals surface area contributed by atoms with Gasteiger partial charge in [-0.1, -0.05) is 154 Å². The molecule has 0 aliphatic carbocycles. The van der Waals surface area contributed by atoms with Gasteiger partial charge < -0.3 is 40.3 Å². The molecule has 1 fully saturated rings. The third-order valence-electron chi connectivity index (χ3n) is 9.36. The quantitative estimate of drug-likeness (QED) is 0.0357. The standard InChI is InChI=1S/C38H73NO8/c1-3-5-7-9-11-13-15-16-18-19-21-23-25-27-32(41)31(30-46-38-37(45)36(44)35(43)33(29-40)47-38)39-34(42)28-26-24-22-20-17-14-12-10-8-6-4-2/h25,27,31-33,35-38,40-41,43-45H,3-24,26,28-30H2,1-2H3,(H,39,42)/b27-25+/t31-,32+,33+,35-,36-,37+,38+/m0/s1. The van der Waals surface area contributed by atoms with Gasteiger partial charge in [-0.25, -0.2) is 0 Å². The third-order valence-corrected chi connectivity index (χ3v) is 9.36. The van der Waals surface area contributed by atoms with Gasteiger partial charge in [0.1, 0.15) is 24.4 Å². The minimum atomic E-state index is -1.56. The van der Waals surface area contributed by atoms with Crippen LogP contribution in [0, 0.1) is 0 Å². The second kappa shape index (κ2) is 29.8. The van der Waals surface area contributed by atoms with Gasteiger partial charge in [0.25, 0.3) is 0 Å². The van der Waals surface area contributed by atoms with Gasteiger partial charge in [0, 0.05) is 6.42 Å². The van der Waals surface area contributed by atoms with Crippen LogP contribution in [0.5, 0.6) is 0 Å². The molecule has 1 heterocycles. The zero-order valence-electron chi connectivity index (χ0n) is 30.0. The van der Waals surface area contributed by atoms with Gasteiger partial charge in [-0.2, -0.15) is 0 Å². The number of amides is 1. The highest BCUT2D eigenvalue weighted by atomic mass is 16.7. The predicted molar refractivity (Wildman–Crippen MR) is 189 cm³/mol. The first-order valence-corrected chi connectivity index (χ1v) is 19.4. The molecule has 7 atom stereocenters. The van der Waals surface area contributed by atoms with Crippen LogP contribution < -0.4 is 5.32 Å². The Morgan fingerprint density at radius 2 is 1.17 bits per heavy atom. The number of hydrogen-bond acceptors (Lipinski definition) is 8. The third kappa shape index (κ3) is 21.6. The van der Waals surface area contributed by atoms with Crippen molar-refractivity contribution in [2.75, 3.05) is 13.2 Å². The molecule has 0 aromatic heterocycles. The maximum atomic E-state index is 12.8. The number of nitrogens with one attached hydrogen (secondary N) is 1. The van der Waals surface area contributed by atoms with Crippen LogP contribution in [-0.2, 0) is 14.3 Å². The lowest BCUT2D eigenvalue weighted by Crippen LogP contribution is -2.60. The van der Waals surface area contributed by atoms with Crippen molar-refractivity contribution >= 4 is 5.91 Å². The van der Waals surface area contributed by atoms with E-state index in [1.54, 1.807) is 6.08 Å². The van der Waals surface area contributed by atoms with E-state index >= 15 is 0 Å². The molecule has 0 bridgehead atoms. The van der Waals surface area contributed by atoms with Gasteiger partial charge in [-0.3, -0.25) is 4.79 Å². The maximum absolute atomic E-state index is 12.8. The molecule has 0 aromatic carbocycles. The first kappa shape index (κ1) is 44.0. The van der Waals surface area contributed by atoms with Crippen molar-refractivity contribution in [3.8, 4) is 0 Å². The molecular formula is C38H73NO8. The fraction of sp³-hybridized carbons (Fsp3) is 0.921. The average molecular weight is 672 g/mol. The molecular weight excluding hydrogens is 598 g/mol. The molecule has 0 radical (unpaired) electrons. The van der Waals surface area contributed by atoms with Crippen LogP contribution in [0.2, 0.25) is 0 Å². The van der Waals surface area contributed by atoms with Crippen LogP contribution in [0.25, 0.3) is 0 Å². The minimum absolute atomic E-state index is 0.179. The predicted octanol–water partition coefficient (Wildman–Crippen LogP) is 6.61. The van der Waals surface area contributed by atoms with Gasteiger partial charge in [0.15, 0.2) is 6.29 Å². The lowest BCUT2D eigenvalue weighted by atomic mass is 9.99. The van der Waals surface area contributed by atoms with Gasteiger partial charge in [0.2, 0.25) is 5.91 Å². The van der Waals surface area contributed by atoms with Crippen LogP contribution in [-0.4, -0.2) is 87.5 Å². The molecule has 9 nitrogen and oxygen atoms in total. The number of unbranched alkanes of at least 4 members (excludes halogenated alkanes) is 21. The highest BCUT2D eigenvalue weighted by Crippen LogP contribution is 2.22. The van der Waals surface area contributed by atoms with Crippen LogP contribution in [0.1, 0.15) is 168 Å². The lowest BCUT2D eigenvalue weighted by molar-refractivity contribution is -0.302. The molecule has 6 N–H and O–H groups in total. The monoisotopic (exact) mass is 672 g/mol. The van der Waals surface area contributed by atoms with Gasteiger partial charge in [0.05, 0.1) is 25.4 Å². The number of aliphatic hydroxyl groups is 5. The number of rotatable bonds is 31. The van der Waals surface area contributed by atoms with Crippen molar-refractivity contribution < 1.29 is 39.8 Å². The Labute approximate surface area is 286 Å². The number of ether oxygens (including phenoxy) is 2. The summed E-state index contributed by atoms with van der Waals surface area (Å²) in [6, 6.07) is -0.795. The number of carbonyl (C=O) groups is 1. The van der Waals surface area contributed by atoms with E-state index in [2.05, 4.69) is 19.2 Å². The van der Waals surface area contributed by atoms with Crippen molar-refractivity contribution in [1.82, 2.24) is 5.32 Å². The highest BCUT2D eigenvalue weighted by molar-refractivity contribution is 5.76. The second-order valence-electron chi connectivity index (χ2n) is 13.7. The largest absolute Gasteiger partial charge is 0.394 e. The Morgan fingerprint density at radius 3 is 1.66 bits per heavy atom. The summed E-state index contributed by atoms with van der Waals surface area (Å²) in [4.78, 5) is 12.8. The molecule has 1 saturated heterocycles. The highest BCUT2D eigenvalue weighted by Gasteiger charge is 2.44. The molecule has 0 aromatic rings. The van der Waals surface area contributed by atoms with E-state index in [1.807, 2.05) is 6.08 Å². The molecule has 47 heavy (non-hydrogen) atoms. The Bertz CT molecular complexity index is 751. The van der Waals surface area contributed by atoms with Crippen molar-refractivity contribution in [2.24, 2.45) is 0 Å². The van der Waals surface area contributed by atoms with Crippen molar-refractivity contribution in [3.05, 3.63) is 12.2 Å². The fourth-order valence-electron chi connectivity index (χ4n) is 6.15. The van der Waals surface area contributed by atoms with E-state index in [-0.39, 0.29) is 12.5 Å². The van der Waals surface area contributed by atoms with E-state index in [4.69, 9.17) is 9.47 Å². The summed E-state index contributed by atoms with van der Waals surface area (Å²) in [6.07, 6.45) is 23.9. The first-order valence-electron chi connectivity index (χ1n) is 19.4. The second-order valence-corrected chi connectivity index (χ2v) is 13.7. The normalized spacial score (nSPS) is 22.9. The van der Waals surface area contributed by atoms with Crippen molar-refractivity contribution in [2.45, 2.75) is 211 Å². The SMILES string of the molecule is CCCCCCCCCCCCC/C=C/[C@@H](O)[C@H](CO[C@@H]1O[C@H](CO)[C@H](O)[C@H](O)[C@H]1O)NC(=O)CCCCCCCCCCCCC. The smallest absolute Gasteiger partial charge is 0.220 e. The zero-order chi connectivity index (χ0) is 34.5. The summed E-state index contributed by atoms with van der Waals surface area (Å²) < 4.78 is 11.1. The zero-order valence-corrected chi connectivity index (χ0v) is 30.0. The molecule has 1 rings (SSSR count). The van der Waals surface area contributed by atoms with Crippen molar-refractivity contribution in [1.29, 1.82) is 0 Å². The van der Waals surface area contributed by atoms with Crippen LogP contribution in [0.3, 0.4) is 0 Å². The molecule has 0 spiro atoms. The maximum Gasteiger partial charge on any atom is 0.220 e. The Morgan fingerprint density at radius 1 is 0.702 bits per heavy atom. The van der Waals surface area contributed by atoms with Crippen LogP contribution in [0.15, 0.2) is 12.2 Å². The number of carbonyl (C=O) groups excluding carboxylic acids is 1. The topological polar surface area (TPSA) is 149 Å². The average Bonchev–Trinajstić information content (AvgIpc) is 3.07. The molecule has 0 unspecified atom stereocenters. The molecule has 9 heteroatoms. The number of allylic oxidation sites excluding steroid dienone is 1. The summed E-state index contributed by atoms with van der Waals surface area (Å²) in [6.45, 7) is 3.74. The Kier molecular flexibility index (Phi) is 27.9. The molecule has 1 amide bonds. The summed E-state index contributed by atoms with van der Waals surface area (Å²) in [5, 5.41) is 53.8. The van der Waals surface area contributed by atoms with E-state index < -0.39 is 49.5 Å². The Hall–Kier alpha value is -1.07. The Balaban J connectivity index is 2.46. The molecule has 0 saturated carbocycles. The summed E-state index contributed by atoms with van der Waals surface area (Å²) in [7, 11) is 0. The fourth-order valence-corrected chi connectivity index (χ4v) is 6.15. The lowest BCUT2D eigenvalue weighted by Gasteiger charge is -2.40. The molecule has 278 valence electrons. The van der Waals surface area contributed by atoms with E-state index in [1.165, 1.54) is 109 Å². The molecule has 1 aliphatic heterocycles. The first-order chi connectivity index (χ1) is 22.8. The summed E-state index contributed by atoms with van der Waals surface area (Å²) in [5.74, 6) is -0.179. The summed E-state index contributed by atoms with van der Waals surface area (Å²) in [5.41, 5.74) is 0. The van der Waals surface area contributed by atoms with E-state index in [0.29, 0.717) is 6.42 Å². The number of hydrogen-bond donors (Lipinski definition) is 6.